The molecule has 1 aromatic heterocycles. The highest BCUT2D eigenvalue weighted by molar-refractivity contribution is 8.00. The second-order valence-corrected chi connectivity index (χ2v) is 9.82. The lowest BCUT2D eigenvalue weighted by molar-refractivity contribution is -0.120. The molecule has 1 amide bonds. The third-order valence-corrected chi connectivity index (χ3v) is 6.88. The average Bonchev–Trinajstić information content (AvgIpc) is 3.21. The first-order chi connectivity index (χ1) is 16.0. The number of thioether (sulfide) groups is 1. The lowest BCUT2D eigenvalue weighted by Crippen LogP contribution is -2.31. The van der Waals surface area contributed by atoms with Crippen LogP contribution < -0.4 is 5.32 Å². The Hall–Kier alpha value is -2.71. The summed E-state index contributed by atoms with van der Waals surface area (Å²) in [6.45, 7) is 7.14. The van der Waals surface area contributed by atoms with Gasteiger partial charge >= 0.3 is 0 Å². The molecule has 1 aliphatic heterocycles. The Labute approximate surface area is 198 Å². The van der Waals surface area contributed by atoms with Crippen LogP contribution in [0.15, 0.2) is 53.7 Å². The minimum atomic E-state index is -0.360. The second-order valence-electron chi connectivity index (χ2n) is 8.51. The van der Waals surface area contributed by atoms with Gasteiger partial charge in [-0.15, -0.1) is 10.2 Å². The van der Waals surface area contributed by atoms with Crippen LogP contribution in [0.5, 0.6) is 0 Å². The number of carbonyl (C=O) groups is 1. The number of rotatable bonds is 8. The van der Waals surface area contributed by atoms with E-state index >= 15 is 0 Å². The summed E-state index contributed by atoms with van der Waals surface area (Å²) in [5, 5.41) is 12.1. The van der Waals surface area contributed by atoms with E-state index in [0.29, 0.717) is 18.2 Å². The van der Waals surface area contributed by atoms with E-state index in [0.717, 1.165) is 30.2 Å². The van der Waals surface area contributed by atoms with E-state index in [4.69, 9.17) is 0 Å². The summed E-state index contributed by atoms with van der Waals surface area (Å²) in [5.74, 6) is 0.451. The van der Waals surface area contributed by atoms with Crippen LogP contribution in [0.1, 0.15) is 43.1 Å². The number of nitrogens with zero attached hydrogens (tertiary/aromatic N) is 4. The first-order valence-electron chi connectivity index (χ1n) is 11.4. The first kappa shape index (κ1) is 23.4. The highest BCUT2D eigenvalue weighted by Gasteiger charge is 2.23. The molecule has 2 aromatic carbocycles. The van der Waals surface area contributed by atoms with Crippen molar-refractivity contribution < 1.29 is 9.18 Å². The van der Waals surface area contributed by atoms with Crippen LogP contribution in [0, 0.1) is 12.7 Å². The number of hydrogen-bond donors (Lipinski definition) is 1. The topological polar surface area (TPSA) is 63.1 Å². The zero-order valence-electron chi connectivity index (χ0n) is 19.1. The molecule has 33 heavy (non-hydrogen) atoms. The van der Waals surface area contributed by atoms with Crippen molar-refractivity contribution >= 4 is 17.7 Å². The van der Waals surface area contributed by atoms with E-state index in [9.17, 15) is 9.18 Å². The SMILES string of the molecule is Cc1ccc(CNC(=O)C(C)Sc2nnc(CN3CCCCC3)n2-c2ccc(F)cc2)cc1. The molecule has 0 bridgehead atoms. The molecule has 1 unspecified atom stereocenters. The van der Waals surface area contributed by atoms with Crippen LogP contribution in [-0.2, 0) is 17.9 Å². The Morgan fingerprint density at radius 2 is 1.76 bits per heavy atom. The number of piperidine rings is 1. The Bertz CT molecular complexity index is 1060. The fourth-order valence-electron chi connectivity index (χ4n) is 3.90. The van der Waals surface area contributed by atoms with Gasteiger partial charge in [-0.2, -0.15) is 0 Å². The smallest absolute Gasteiger partial charge is 0.233 e. The normalized spacial score (nSPS) is 15.4. The number of hydrogen-bond acceptors (Lipinski definition) is 5. The van der Waals surface area contributed by atoms with Crippen LogP contribution in [0.3, 0.4) is 0 Å². The number of aryl methyl sites for hydroxylation is 1. The van der Waals surface area contributed by atoms with Crippen LogP contribution in [0.2, 0.25) is 0 Å². The van der Waals surface area contributed by atoms with Crippen molar-refractivity contribution in [1.29, 1.82) is 0 Å². The molecule has 1 atom stereocenters. The molecule has 174 valence electrons. The van der Waals surface area contributed by atoms with Gasteiger partial charge < -0.3 is 5.32 Å². The number of benzene rings is 2. The van der Waals surface area contributed by atoms with Crippen molar-refractivity contribution in [2.45, 2.75) is 56.6 Å². The molecule has 1 N–H and O–H groups in total. The summed E-state index contributed by atoms with van der Waals surface area (Å²) in [7, 11) is 0. The zero-order chi connectivity index (χ0) is 23.2. The molecule has 3 aromatic rings. The average molecular weight is 468 g/mol. The van der Waals surface area contributed by atoms with Gasteiger partial charge in [0.15, 0.2) is 11.0 Å². The minimum Gasteiger partial charge on any atom is -0.351 e. The number of nitrogens with one attached hydrogen (secondary N) is 1. The van der Waals surface area contributed by atoms with Crippen molar-refractivity contribution in [1.82, 2.24) is 25.0 Å². The fraction of sp³-hybridized carbons (Fsp3) is 0.400. The lowest BCUT2D eigenvalue weighted by atomic mass is 10.1. The van der Waals surface area contributed by atoms with Crippen molar-refractivity contribution in [3.05, 3.63) is 71.3 Å². The number of carbonyl (C=O) groups excluding carboxylic acids is 1. The summed E-state index contributed by atoms with van der Waals surface area (Å²) in [6.07, 6.45) is 3.63. The minimum absolute atomic E-state index is 0.0631. The molecular formula is C25H30FN5OS. The van der Waals surface area contributed by atoms with Gasteiger partial charge in [-0.25, -0.2) is 4.39 Å². The number of likely N-dealkylation sites (tertiary alicyclic amines) is 1. The summed E-state index contributed by atoms with van der Waals surface area (Å²) >= 11 is 1.36. The molecule has 1 saturated heterocycles. The standard InChI is InChI=1S/C25H30FN5OS/c1-18-6-8-20(9-7-18)16-27-24(32)19(2)33-25-29-28-23(17-30-14-4-3-5-15-30)31(25)22-12-10-21(26)11-13-22/h6-13,19H,3-5,14-17H2,1-2H3,(H,27,32). The van der Waals surface area contributed by atoms with Crippen molar-refractivity contribution in [3.8, 4) is 5.69 Å². The van der Waals surface area contributed by atoms with Crippen LogP contribution in [-0.4, -0.2) is 43.9 Å². The molecule has 0 aliphatic carbocycles. The fourth-order valence-corrected chi connectivity index (χ4v) is 4.81. The number of aromatic nitrogens is 3. The van der Waals surface area contributed by atoms with Crippen LogP contribution in [0.4, 0.5) is 4.39 Å². The Kier molecular flexibility index (Phi) is 7.77. The highest BCUT2D eigenvalue weighted by atomic mass is 32.2. The number of halogens is 1. The quantitative estimate of drug-likeness (QED) is 0.495. The number of amides is 1. The maximum atomic E-state index is 13.6. The Balaban J connectivity index is 1.48. The Morgan fingerprint density at radius 3 is 2.45 bits per heavy atom. The molecule has 6 nitrogen and oxygen atoms in total. The molecule has 0 radical (unpaired) electrons. The van der Waals surface area contributed by atoms with E-state index in [-0.39, 0.29) is 17.0 Å². The molecular weight excluding hydrogens is 437 g/mol. The van der Waals surface area contributed by atoms with Crippen LogP contribution in [0.25, 0.3) is 5.69 Å². The van der Waals surface area contributed by atoms with Gasteiger partial charge in [0.2, 0.25) is 5.91 Å². The van der Waals surface area contributed by atoms with Crippen molar-refractivity contribution in [2.75, 3.05) is 13.1 Å². The van der Waals surface area contributed by atoms with Gasteiger partial charge in [0.1, 0.15) is 5.82 Å². The summed E-state index contributed by atoms with van der Waals surface area (Å²) in [6, 6.07) is 14.4. The summed E-state index contributed by atoms with van der Waals surface area (Å²) in [5.41, 5.74) is 3.04. The van der Waals surface area contributed by atoms with Crippen molar-refractivity contribution in [3.63, 3.8) is 0 Å². The van der Waals surface area contributed by atoms with Gasteiger partial charge in [-0.3, -0.25) is 14.3 Å². The predicted octanol–water partition coefficient (Wildman–Crippen LogP) is 4.50. The predicted molar refractivity (Wildman–Crippen MR) is 129 cm³/mol. The molecule has 8 heteroatoms. The van der Waals surface area contributed by atoms with E-state index in [1.165, 1.54) is 48.7 Å². The van der Waals surface area contributed by atoms with Gasteiger partial charge in [0.05, 0.1) is 11.8 Å². The molecule has 4 rings (SSSR count). The Morgan fingerprint density at radius 1 is 1.06 bits per heavy atom. The largest absolute Gasteiger partial charge is 0.351 e. The van der Waals surface area contributed by atoms with E-state index in [2.05, 4.69) is 20.4 Å². The van der Waals surface area contributed by atoms with E-state index < -0.39 is 0 Å². The van der Waals surface area contributed by atoms with E-state index in [1.54, 1.807) is 12.1 Å². The summed E-state index contributed by atoms with van der Waals surface area (Å²) in [4.78, 5) is 15.1. The summed E-state index contributed by atoms with van der Waals surface area (Å²) < 4.78 is 15.5. The molecule has 2 heterocycles. The first-order valence-corrected chi connectivity index (χ1v) is 12.3. The maximum absolute atomic E-state index is 13.6. The highest BCUT2D eigenvalue weighted by Crippen LogP contribution is 2.27. The van der Waals surface area contributed by atoms with Gasteiger partial charge in [-0.05, 0) is 69.6 Å². The third-order valence-electron chi connectivity index (χ3n) is 5.84. The third kappa shape index (κ3) is 6.21. The van der Waals surface area contributed by atoms with Crippen LogP contribution >= 0.6 is 11.8 Å². The van der Waals surface area contributed by atoms with Gasteiger partial charge in [0, 0.05) is 12.2 Å². The van der Waals surface area contributed by atoms with Gasteiger partial charge in [0.25, 0.3) is 0 Å². The van der Waals surface area contributed by atoms with E-state index in [1.807, 2.05) is 42.7 Å². The zero-order valence-corrected chi connectivity index (χ0v) is 19.9. The lowest BCUT2D eigenvalue weighted by Gasteiger charge is -2.26. The molecule has 1 fully saturated rings. The molecule has 0 saturated carbocycles. The maximum Gasteiger partial charge on any atom is 0.233 e. The molecule has 1 aliphatic rings. The van der Waals surface area contributed by atoms with Crippen molar-refractivity contribution in [2.24, 2.45) is 0 Å². The second kappa shape index (κ2) is 10.9. The monoisotopic (exact) mass is 467 g/mol. The molecule has 0 spiro atoms. The van der Waals surface area contributed by atoms with Gasteiger partial charge in [-0.1, -0.05) is 48.0 Å².